The lowest BCUT2D eigenvalue weighted by atomic mass is 10.3. The summed E-state index contributed by atoms with van der Waals surface area (Å²) in [5.41, 5.74) is 0.805. The molecule has 0 spiro atoms. The van der Waals surface area contributed by atoms with Crippen LogP contribution in [0.15, 0.2) is 24.3 Å². The molecule has 0 saturated carbocycles. The van der Waals surface area contributed by atoms with E-state index in [-0.39, 0.29) is 5.91 Å². The van der Waals surface area contributed by atoms with Crippen molar-refractivity contribution in [2.24, 2.45) is 0 Å². The highest BCUT2D eigenvalue weighted by molar-refractivity contribution is 5.92. The molecule has 1 amide bonds. The maximum Gasteiger partial charge on any atom is 0.238 e. The van der Waals surface area contributed by atoms with Crippen LogP contribution in [0.3, 0.4) is 0 Å². The third kappa shape index (κ3) is 4.22. The second kappa shape index (κ2) is 6.54. The molecule has 1 heterocycles. The molecule has 1 aromatic rings. The Morgan fingerprint density at radius 3 is 2.42 bits per heavy atom. The minimum atomic E-state index is 0.0368. The molecule has 0 bridgehead atoms. The summed E-state index contributed by atoms with van der Waals surface area (Å²) in [7, 11) is 3.73. The van der Waals surface area contributed by atoms with E-state index in [1.165, 1.54) is 0 Å². The highest BCUT2D eigenvalue weighted by Gasteiger charge is 2.16. The number of nitrogens with zero attached hydrogens (tertiary/aromatic N) is 2. The predicted octanol–water partition coefficient (Wildman–Crippen LogP) is 0.881. The summed E-state index contributed by atoms with van der Waals surface area (Å²) < 4.78 is 5.08. The molecule has 0 aromatic heterocycles. The molecular weight excluding hydrogens is 242 g/mol. The first-order valence-corrected chi connectivity index (χ1v) is 6.52. The Kier molecular flexibility index (Phi) is 4.76. The van der Waals surface area contributed by atoms with Gasteiger partial charge < -0.3 is 15.0 Å². The minimum absolute atomic E-state index is 0.0368. The molecule has 5 heteroatoms. The summed E-state index contributed by atoms with van der Waals surface area (Å²) in [6.45, 7) is 4.41. The van der Waals surface area contributed by atoms with Crippen molar-refractivity contribution in [3.05, 3.63) is 24.3 Å². The lowest BCUT2D eigenvalue weighted by molar-refractivity contribution is -0.117. The van der Waals surface area contributed by atoms with Crippen molar-refractivity contribution in [1.82, 2.24) is 9.80 Å². The van der Waals surface area contributed by atoms with Crippen LogP contribution < -0.4 is 10.1 Å². The molecule has 0 aliphatic carbocycles. The average Bonchev–Trinajstić information content (AvgIpc) is 2.42. The topological polar surface area (TPSA) is 44.8 Å². The largest absolute Gasteiger partial charge is 0.497 e. The van der Waals surface area contributed by atoms with E-state index in [1.54, 1.807) is 7.11 Å². The molecule has 1 saturated heterocycles. The number of hydrogen-bond acceptors (Lipinski definition) is 4. The number of rotatable bonds is 4. The van der Waals surface area contributed by atoms with Gasteiger partial charge in [-0.3, -0.25) is 9.69 Å². The maximum atomic E-state index is 11.9. The Morgan fingerprint density at radius 1 is 1.21 bits per heavy atom. The van der Waals surface area contributed by atoms with Gasteiger partial charge in [0.05, 0.1) is 13.7 Å². The van der Waals surface area contributed by atoms with Gasteiger partial charge in [-0.2, -0.15) is 0 Å². The number of amides is 1. The fourth-order valence-corrected chi connectivity index (χ4v) is 2.08. The predicted molar refractivity (Wildman–Crippen MR) is 75.6 cm³/mol. The molecule has 1 fully saturated rings. The first kappa shape index (κ1) is 13.8. The molecule has 0 unspecified atom stereocenters. The number of benzene rings is 1. The summed E-state index contributed by atoms with van der Waals surface area (Å²) in [6.07, 6.45) is 0. The zero-order valence-corrected chi connectivity index (χ0v) is 11.6. The first-order valence-electron chi connectivity index (χ1n) is 6.52. The molecule has 104 valence electrons. The highest BCUT2D eigenvalue weighted by atomic mass is 16.5. The third-order valence-corrected chi connectivity index (χ3v) is 3.34. The van der Waals surface area contributed by atoms with Crippen molar-refractivity contribution in [3.8, 4) is 5.75 Å². The van der Waals surface area contributed by atoms with Crippen LogP contribution in [0.5, 0.6) is 5.75 Å². The maximum absolute atomic E-state index is 11.9. The van der Waals surface area contributed by atoms with Gasteiger partial charge in [-0.05, 0) is 31.3 Å². The van der Waals surface area contributed by atoms with E-state index in [9.17, 15) is 4.79 Å². The van der Waals surface area contributed by atoms with E-state index < -0.39 is 0 Å². The van der Waals surface area contributed by atoms with E-state index in [0.717, 1.165) is 37.6 Å². The Balaban J connectivity index is 1.80. The van der Waals surface area contributed by atoms with Crippen molar-refractivity contribution < 1.29 is 9.53 Å². The summed E-state index contributed by atoms with van der Waals surface area (Å²) in [4.78, 5) is 16.4. The smallest absolute Gasteiger partial charge is 0.238 e. The molecule has 0 atom stereocenters. The molecule has 0 radical (unpaired) electrons. The van der Waals surface area contributed by atoms with E-state index in [0.29, 0.717) is 6.54 Å². The van der Waals surface area contributed by atoms with Crippen molar-refractivity contribution >= 4 is 11.6 Å². The molecular formula is C14H21N3O2. The van der Waals surface area contributed by atoms with Gasteiger partial charge in [0.25, 0.3) is 0 Å². The van der Waals surface area contributed by atoms with Crippen molar-refractivity contribution in [2.45, 2.75) is 0 Å². The lowest BCUT2D eigenvalue weighted by Gasteiger charge is -2.31. The quantitative estimate of drug-likeness (QED) is 0.876. The van der Waals surface area contributed by atoms with Crippen LogP contribution in [0.25, 0.3) is 0 Å². The van der Waals surface area contributed by atoms with Gasteiger partial charge in [0.15, 0.2) is 0 Å². The summed E-state index contributed by atoms with van der Waals surface area (Å²) in [5.74, 6) is 0.826. The fraction of sp³-hybridized carbons (Fsp3) is 0.500. The van der Waals surface area contributed by atoms with E-state index in [2.05, 4.69) is 22.2 Å². The Labute approximate surface area is 114 Å². The lowest BCUT2D eigenvalue weighted by Crippen LogP contribution is -2.47. The van der Waals surface area contributed by atoms with E-state index in [4.69, 9.17) is 4.74 Å². The number of methoxy groups -OCH3 is 1. The molecule has 1 aliphatic heterocycles. The summed E-state index contributed by atoms with van der Waals surface area (Å²) in [6, 6.07) is 7.37. The van der Waals surface area contributed by atoms with Gasteiger partial charge in [0.2, 0.25) is 5.91 Å². The number of anilines is 1. The van der Waals surface area contributed by atoms with Crippen LogP contribution in [-0.2, 0) is 4.79 Å². The zero-order chi connectivity index (χ0) is 13.7. The standard InChI is InChI=1S/C14H21N3O2/c1-16-7-9-17(10-8-16)11-14(18)15-12-3-5-13(19-2)6-4-12/h3-6H,7-11H2,1-2H3,(H,15,18). The van der Waals surface area contributed by atoms with E-state index >= 15 is 0 Å². The van der Waals surface area contributed by atoms with Crippen LogP contribution in [0.2, 0.25) is 0 Å². The Bertz CT molecular complexity index is 411. The number of ether oxygens (including phenoxy) is 1. The molecule has 2 rings (SSSR count). The van der Waals surface area contributed by atoms with Gasteiger partial charge in [-0.1, -0.05) is 0 Å². The summed E-state index contributed by atoms with van der Waals surface area (Å²) in [5, 5.41) is 2.90. The first-order chi connectivity index (χ1) is 9.17. The molecule has 1 aromatic carbocycles. The number of likely N-dealkylation sites (N-methyl/N-ethyl adjacent to an activating group) is 1. The van der Waals surface area contributed by atoms with Crippen LogP contribution in [0, 0.1) is 0 Å². The average molecular weight is 263 g/mol. The number of carbonyl (C=O) groups excluding carboxylic acids is 1. The fourth-order valence-electron chi connectivity index (χ4n) is 2.08. The van der Waals surface area contributed by atoms with Gasteiger partial charge in [0.1, 0.15) is 5.75 Å². The van der Waals surface area contributed by atoms with Crippen LogP contribution in [0.4, 0.5) is 5.69 Å². The molecule has 1 N–H and O–H groups in total. The zero-order valence-electron chi connectivity index (χ0n) is 11.6. The highest BCUT2D eigenvalue weighted by Crippen LogP contribution is 2.14. The SMILES string of the molecule is COc1ccc(NC(=O)CN2CCN(C)CC2)cc1. The minimum Gasteiger partial charge on any atom is -0.497 e. The van der Waals surface area contributed by atoms with Crippen LogP contribution in [-0.4, -0.2) is 62.6 Å². The number of nitrogens with one attached hydrogen (secondary N) is 1. The normalized spacial score (nSPS) is 17.2. The van der Waals surface area contributed by atoms with Gasteiger partial charge in [-0.15, -0.1) is 0 Å². The molecule has 19 heavy (non-hydrogen) atoms. The Morgan fingerprint density at radius 2 is 1.84 bits per heavy atom. The second-order valence-corrected chi connectivity index (χ2v) is 4.86. The van der Waals surface area contributed by atoms with Gasteiger partial charge >= 0.3 is 0 Å². The van der Waals surface area contributed by atoms with Crippen molar-refractivity contribution in [1.29, 1.82) is 0 Å². The third-order valence-electron chi connectivity index (χ3n) is 3.34. The molecule has 5 nitrogen and oxygen atoms in total. The second-order valence-electron chi connectivity index (χ2n) is 4.86. The van der Waals surface area contributed by atoms with Gasteiger partial charge in [-0.25, -0.2) is 0 Å². The monoisotopic (exact) mass is 263 g/mol. The van der Waals surface area contributed by atoms with Crippen molar-refractivity contribution in [2.75, 3.05) is 52.2 Å². The Hall–Kier alpha value is -1.59. The van der Waals surface area contributed by atoms with Gasteiger partial charge in [0, 0.05) is 31.9 Å². The van der Waals surface area contributed by atoms with Crippen molar-refractivity contribution in [3.63, 3.8) is 0 Å². The van der Waals surface area contributed by atoms with Crippen LogP contribution in [0.1, 0.15) is 0 Å². The summed E-state index contributed by atoms with van der Waals surface area (Å²) >= 11 is 0. The molecule has 1 aliphatic rings. The van der Waals surface area contributed by atoms with E-state index in [1.807, 2.05) is 24.3 Å². The number of carbonyl (C=O) groups is 1. The number of piperazine rings is 1. The van der Waals surface area contributed by atoms with Crippen LogP contribution >= 0.6 is 0 Å². The number of hydrogen-bond donors (Lipinski definition) is 1.